The largest absolute Gasteiger partial charge is 0.477 e. The molecule has 6 nitrogen and oxygen atoms in total. The van der Waals surface area contributed by atoms with E-state index in [2.05, 4.69) is 10.4 Å². The number of aryl methyl sites for hydroxylation is 2. The van der Waals surface area contributed by atoms with Crippen LogP contribution in [0.2, 0.25) is 0 Å². The van der Waals surface area contributed by atoms with E-state index in [1.165, 1.54) is 18.5 Å². The highest BCUT2D eigenvalue weighted by Crippen LogP contribution is 2.26. The number of nitrogens with zero attached hydrogens (tertiary/aromatic N) is 2. The van der Waals surface area contributed by atoms with Gasteiger partial charge in [0.2, 0.25) is 0 Å². The molecular weight excluding hydrogens is 321 g/mol. The molecule has 0 amide bonds. The van der Waals surface area contributed by atoms with Gasteiger partial charge in [0.1, 0.15) is 21.9 Å². The first-order chi connectivity index (χ1) is 10.9. The number of thiophene rings is 1. The fourth-order valence-electron chi connectivity index (χ4n) is 2.25. The number of fused-ring (bicyclic) bond motifs is 1. The van der Waals surface area contributed by atoms with E-state index >= 15 is 0 Å². The molecule has 0 aliphatic carbocycles. The van der Waals surface area contributed by atoms with Crippen molar-refractivity contribution in [2.75, 3.05) is 5.43 Å². The van der Waals surface area contributed by atoms with Crippen LogP contribution in [0.4, 0.5) is 10.1 Å². The number of halogens is 1. The lowest BCUT2D eigenvalue weighted by atomic mass is 10.2. The molecule has 8 heteroatoms. The zero-order valence-electron chi connectivity index (χ0n) is 12.3. The number of benzene rings is 1. The molecule has 2 N–H and O–H groups in total. The van der Waals surface area contributed by atoms with Crippen LogP contribution < -0.4 is 11.0 Å². The highest BCUT2D eigenvalue weighted by Gasteiger charge is 2.18. The summed E-state index contributed by atoms with van der Waals surface area (Å²) in [6.07, 6.45) is 1.26. The maximum absolute atomic E-state index is 13.4. The first-order valence-corrected chi connectivity index (χ1v) is 7.47. The second-order valence-electron chi connectivity index (χ2n) is 5.03. The van der Waals surface area contributed by atoms with E-state index in [0.29, 0.717) is 16.1 Å². The summed E-state index contributed by atoms with van der Waals surface area (Å²) in [5.41, 5.74) is 3.93. The molecule has 3 rings (SSSR count). The molecule has 2 aromatic heterocycles. The Morgan fingerprint density at radius 2 is 2.13 bits per heavy atom. The zero-order valence-corrected chi connectivity index (χ0v) is 13.1. The predicted octanol–water partition coefficient (Wildman–Crippen LogP) is 2.79. The number of carbonyl (C=O) groups is 1. The number of hydrogen-bond donors (Lipinski definition) is 2. The smallest absolute Gasteiger partial charge is 0.346 e. The van der Waals surface area contributed by atoms with E-state index < -0.39 is 17.3 Å². The van der Waals surface area contributed by atoms with Gasteiger partial charge in [-0.1, -0.05) is 6.07 Å². The Labute approximate surface area is 133 Å². The molecule has 0 fully saturated rings. The number of aromatic nitrogens is 2. The molecule has 0 aliphatic rings. The molecule has 0 saturated carbocycles. The van der Waals surface area contributed by atoms with Gasteiger partial charge in [-0.15, -0.1) is 11.3 Å². The topological polar surface area (TPSA) is 84.2 Å². The van der Waals surface area contributed by atoms with E-state index in [0.717, 1.165) is 21.6 Å². The van der Waals surface area contributed by atoms with Gasteiger partial charge in [0.15, 0.2) is 0 Å². The van der Waals surface area contributed by atoms with Crippen LogP contribution in [0.25, 0.3) is 10.2 Å². The molecular formula is C15H12FN3O3S. The summed E-state index contributed by atoms with van der Waals surface area (Å²) < 4.78 is 14.5. The number of hydrogen-bond acceptors (Lipinski definition) is 5. The Morgan fingerprint density at radius 1 is 1.39 bits per heavy atom. The highest BCUT2D eigenvalue weighted by atomic mass is 32.1. The molecule has 118 valence electrons. The van der Waals surface area contributed by atoms with Gasteiger partial charge < -0.3 is 5.11 Å². The average Bonchev–Trinajstić information content (AvgIpc) is 2.84. The Balaban J connectivity index is 2.14. The third kappa shape index (κ3) is 2.57. The number of aromatic carboxylic acids is 1. The zero-order chi connectivity index (χ0) is 16.7. The molecule has 0 spiro atoms. The summed E-state index contributed by atoms with van der Waals surface area (Å²) in [5.74, 6) is -1.52. The first-order valence-electron chi connectivity index (χ1n) is 6.65. The normalized spacial score (nSPS) is 10.9. The average molecular weight is 333 g/mol. The van der Waals surface area contributed by atoms with E-state index in [9.17, 15) is 14.0 Å². The lowest BCUT2D eigenvalue weighted by Gasteiger charge is -2.11. The summed E-state index contributed by atoms with van der Waals surface area (Å²) in [5, 5.41) is 9.39. The van der Waals surface area contributed by atoms with Crippen LogP contribution in [0.5, 0.6) is 0 Å². The van der Waals surface area contributed by atoms with Crippen molar-refractivity contribution in [1.82, 2.24) is 9.66 Å². The quantitative estimate of drug-likeness (QED) is 0.770. The van der Waals surface area contributed by atoms with Crippen molar-refractivity contribution < 1.29 is 14.3 Å². The van der Waals surface area contributed by atoms with E-state index in [4.69, 9.17) is 5.11 Å². The second kappa shape index (κ2) is 5.47. The van der Waals surface area contributed by atoms with Crippen LogP contribution in [0, 0.1) is 19.7 Å². The maximum atomic E-state index is 13.4. The van der Waals surface area contributed by atoms with E-state index in [1.807, 2.05) is 0 Å². The van der Waals surface area contributed by atoms with Gasteiger partial charge in [0.05, 0.1) is 11.1 Å². The van der Waals surface area contributed by atoms with Crippen LogP contribution in [-0.2, 0) is 0 Å². The highest BCUT2D eigenvalue weighted by molar-refractivity contribution is 7.20. The van der Waals surface area contributed by atoms with E-state index in [-0.39, 0.29) is 10.3 Å². The van der Waals surface area contributed by atoms with Crippen molar-refractivity contribution in [1.29, 1.82) is 0 Å². The summed E-state index contributed by atoms with van der Waals surface area (Å²) in [7, 11) is 0. The number of anilines is 1. The third-order valence-electron chi connectivity index (χ3n) is 3.49. The molecule has 23 heavy (non-hydrogen) atoms. The number of rotatable bonds is 3. The van der Waals surface area contributed by atoms with Gasteiger partial charge in [-0.25, -0.2) is 18.8 Å². The number of carboxylic acids is 1. The minimum Gasteiger partial charge on any atom is -0.477 e. The lowest BCUT2D eigenvalue weighted by Crippen LogP contribution is -2.27. The minimum atomic E-state index is -1.09. The van der Waals surface area contributed by atoms with Gasteiger partial charge in [-0.3, -0.25) is 10.2 Å². The summed E-state index contributed by atoms with van der Waals surface area (Å²) in [6.45, 7) is 3.35. The monoisotopic (exact) mass is 333 g/mol. The van der Waals surface area contributed by atoms with Gasteiger partial charge in [0, 0.05) is 0 Å². The molecule has 0 bridgehead atoms. The molecule has 0 unspecified atom stereocenters. The molecule has 3 aromatic rings. The molecule has 2 heterocycles. The molecule has 0 radical (unpaired) electrons. The second-order valence-corrected chi connectivity index (χ2v) is 6.03. The van der Waals surface area contributed by atoms with Crippen molar-refractivity contribution in [3.63, 3.8) is 0 Å². The Hall–Kier alpha value is -2.74. The molecule has 0 aliphatic heterocycles. The fraction of sp³-hybridized carbons (Fsp3) is 0.133. The van der Waals surface area contributed by atoms with Gasteiger partial charge in [-0.05, 0) is 37.1 Å². The van der Waals surface area contributed by atoms with Crippen LogP contribution in [0.15, 0.2) is 29.3 Å². The standard InChI is InChI=1S/C15H12FN3O3S/c1-7-3-4-9(16)5-10(7)18-19-6-17-13-11(14(19)20)8(2)12(23-13)15(21)22/h3-6,18H,1-2H3,(H,21,22). The number of nitrogens with one attached hydrogen (secondary N) is 1. The van der Waals surface area contributed by atoms with Crippen LogP contribution in [-0.4, -0.2) is 20.7 Å². The SMILES string of the molecule is Cc1ccc(F)cc1Nn1cnc2sc(C(=O)O)c(C)c2c1=O. The lowest BCUT2D eigenvalue weighted by molar-refractivity contribution is 0.0701. The van der Waals surface area contributed by atoms with Gasteiger partial charge in [-0.2, -0.15) is 0 Å². The molecule has 1 aromatic carbocycles. The fourth-order valence-corrected chi connectivity index (χ4v) is 3.23. The van der Waals surface area contributed by atoms with E-state index in [1.54, 1.807) is 19.9 Å². The Bertz CT molecular complexity index is 994. The van der Waals surface area contributed by atoms with Crippen LogP contribution >= 0.6 is 11.3 Å². The van der Waals surface area contributed by atoms with Gasteiger partial charge in [0.25, 0.3) is 5.56 Å². The van der Waals surface area contributed by atoms with Crippen molar-refractivity contribution in [2.45, 2.75) is 13.8 Å². The Kier molecular flexibility index (Phi) is 3.61. The first kappa shape index (κ1) is 15.2. The predicted molar refractivity (Wildman–Crippen MR) is 85.7 cm³/mol. The maximum Gasteiger partial charge on any atom is 0.346 e. The Morgan fingerprint density at radius 3 is 2.83 bits per heavy atom. The third-order valence-corrected chi connectivity index (χ3v) is 4.67. The van der Waals surface area contributed by atoms with Crippen molar-refractivity contribution >= 4 is 33.2 Å². The van der Waals surface area contributed by atoms with Crippen molar-refractivity contribution in [3.8, 4) is 0 Å². The van der Waals surface area contributed by atoms with Crippen molar-refractivity contribution in [2.24, 2.45) is 0 Å². The van der Waals surface area contributed by atoms with Gasteiger partial charge >= 0.3 is 5.97 Å². The minimum absolute atomic E-state index is 0.0873. The molecule has 0 saturated heterocycles. The van der Waals surface area contributed by atoms with Crippen molar-refractivity contribution in [3.05, 3.63) is 56.7 Å². The molecule has 0 atom stereocenters. The number of carboxylic acid groups (broad SMARTS) is 1. The summed E-state index contributed by atoms with van der Waals surface area (Å²) >= 11 is 0.955. The summed E-state index contributed by atoms with van der Waals surface area (Å²) in [4.78, 5) is 28.3. The summed E-state index contributed by atoms with van der Waals surface area (Å²) in [6, 6.07) is 4.19. The van der Waals surface area contributed by atoms with Crippen LogP contribution in [0.1, 0.15) is 20.8 Å². The van der Waals surface area contributed by atoms with Crippen LogP contribution in [0.3, 0.4) is 0 Å².